The summed E-state index contributed by atoms with van der Waals surface area (Å²) in [4.78, 5) is 14.8. The number of hydrogen-bond acceptors (Lipinski definition) is 3. The van der Waals surface area contributed by atoms with Gasteiger partial charge in [0, 0.05) is 11.6 Å². The van der Waals surface area contributed by atoms with Crippen molar-refractivity contribution >= 4 is 17.6 Å². The van der Waals surface area contributed by atoms with Crippen molar-refractivity contribution in [2.45, 2.75) is 12.4 Å². The van der Waals surface area contributed by atoms with E-state index in [1.165, 1.54) is 0 Å². The summed E-state index contributed by atoms with van der Waals surface area (Å²) in [6.07, 6.45) is -10.1. The first-order valence-electron chi connectivity index (χ1n) is 6.62. The smallest absolute Gasteiger partial charge is 0.416 e. The van der Waals surface area contributed by atoms with Gasteiger partial charge in [-0.25, -0.2) is 0 Å². The standard InChI is InChI=1S/C14H10F6N4O2/c15-13(16,17)6-1-5(2-7(3-6)14(18,19)20)9-4-8(21)10(26-9)11(25)24-12(22)23/h1-4H,21H2,(H4,22,23,24,25). The Labute approximate surface area is 141 Å². The third kappa shape index (κ3) is 4.07. The second-order valence-electron chi connectivity index (χ2n) is 5.03. The summed E-state index contributed by atoms with van der Waals surface area (Å²) in [7, 11) is 0. The first-order valence-corrected chi connectivity index (χ1v) is 6.62. The molecule has 0 aliphatic rings. The minimum atomic E-state index is -5.04. The summed E-state index contributed by atoms with van der Waals surface area (Å²) in [6.45, 7) is 0. The van der Waals surface area contributed by atoms with E-state index in [1.54, 1.807) is 0 Å². The number of guanidine groups is 1. The number of carbonyl (C=O) groups is 1. The molecule has 0 saturated heterocycles. The number of hydrogen-bond donors (Lipinski definition) is 3. The molecule has 6 nitrogen and oxygen atoms in total. The second-order valence-corrected chi connectivity index (χ2v) is 5.03. The number of rotatable bonds is 2. The molecule has 0 radical (unpaired) electrons. The van der Waals surface area contributed by atoms with Crippen molar-refractivity contribution in [1.82, 2.24) is 0 Å². The van der Waals surface area contributed by atoms with Gasteiger partial charge in [0.1, 0.15) is 5.76 Å². The van der Waals surface area contributed by atoms with Crippen LogP contribution in [0.2, 0.25) is 0 Å². The van der Waals surface area contributed by atoms with Crippen LogP contribution in [0.15, 0.2) is 33.7 Å². The first kappa shape index (κ1) is 19.1. The van der Waals surface area contributed by atoms with Crippen LogP contribution >= 0.6 is 0 Å². The predicted molar refractivity (Wildman–Crippen MR) is 78.7 cm³/mol. The number of carbonyl (C=O) groups excluding carboxylic acids is 1. The van der Waals surface area contributed by atoms with E-state index in [-0.39, 0.29) is 11.8 Å². The molecule has 2 rings (SSSR count). The quantitative estimate of drug-likeness (QED) is 0.420. The molecular weight excluding hydrogens is 370 g/mol. The van der Waals surface area contributed by atoms with Crippen LogP contribution in [-0.2, 0) is 12.4 Å². The van der Waals surface area contributed by atoms with E-state index in [9.17, 15) is 31.1 Å². The zero-order valence-corrected chi connectivity index (χ0v) is 12.6. The SMILES string of the molecule is NC(N)=NC(=O)c1oc(-c2cc(C(F)(F)F)cc(C(F)(F)F)c2)cc1N. The van der Waals surface area contributed by atoms with Crippen LogP contribution in [0.5, 0.6) is 0 Å². The number of aliphatic imine (C=N–C) groups is 1. The molecule has 12 heteroatoms. The normalized spacial score (nSPS) is 12.1. The number of nitrogens with two attached hydrogens (primary N) is 3. The Hall–Kier alpha value is -3.18. The average molecular weight is 380 g/mol. The highest BCUT2D eigenvalue weighted by atomic mass is 19.4. The zero-order chi connectivity index (χ0) is 19.9. The second kappa shape index (κ2) is 6.28. The highest BCUT2D eigenvalue weighted by Crippen LogP contribution is 2.39. The van der Waals surface area contributed by atoms with Crippen molar-refractivity contribution in [1.29, 1.82) is 0 Å². The summed E-state index contributed by atoms with van der Waals surface area (Å²) in [5, 5.41) is 0. The van der Waals surface area contributed by atoms with E-state index < -0.39 is 52.4 Å². The molecule has 0 unspecified atom stereocenters. The molecule has 1 aromatic carbocycles. The molecule has 6 N–H and O–H groups in total. The van der Waals surface area contributed by atoms with Gasteiger partial charge in [0.25, 0.3) is 0 Å². The maximum atomic E-state index is 12.9. The lowest BCUT2D eigenvalue weighted by atomic mass is 10.0. The van der Waals surface area contributed by atoms with Crippen LogP contribution < -0.4 is 17.2 Å². The molecule has 2 aromatic rings. The fraction of sp³-hybridized carbons (Fsp3) is 0.143. The largest absolute Gasteiger partial charge is 0.449 e. The van der Waals surface area contributed by atoms with Gasteiger partial charge in [-0.15, -0.1) is 0 Å². The lowest BCUT2D eigenvalue weighted by Gasteiger charge is -2.13. The third-order valence-electron chi connectivity index (χ3n) is 3.06. The van der Waals surface area contributed by atoms with Gasteiger partial charge in [0.05, 0.1) is 16.8 Å². The van der Waals surface area contributed by atoms with Crippen molar-refractivity contribution in [3.63, 3.8) is 0 Å². The monoisotopic (exact) mass is 380 g/mol. The molecule has 1 amide bonds. The lowest BCUT2D eigenvalue weighted by Crippen LogP contribution is -2.24. The first-order chi connectivity index (χ1) is 11.8. The minimum Gasteiger partial charge on any atom is -0.449 e. The average Bonchev–Trinajstić information content (AvgIpc) is 2.86. The van der Waals surface area contributed by atoms with Crippen molar-refractivity contribution in [2.24, 2.45) is 16.5 Å². The minimum absolute atomic E-state index is 0.0404. The van der Waals surface area contributed by atoms with Crippen LogP contribution in [0.3, 0.4) is 0 Å². The van der Waals surface area contributed by atoms with Gasteiger partial charge >= 0.3 is 18.3 Å². The number of alkyl halides is 6. The van der Waals surface area contributed by atoms with Gasteiger partial charge in [-0.3, -0.25) is 4.79 Å². The summed E-state index contributed by atoms with van der Waals surface area (Å²) in [6, 6.07) is 1.72. The molecular formula is C14H10F6N4O2. The molecule has 0 spiro atoms. The van der Waals surface area contributed by atoms with Crippen LogP contribution in [0.25, 0.3) is 11.3 Å². The van der Waals surface area contributed by atoms with Gasteiger partial charge in [-0.2, -0.15) is 31.3 Å². The molecule has 0 atom stereocenters. The number of anilines is 1. The molecule has 26 heavy (non-hydrogen) atoms. The molecule has 0 aliphatic carbocycles. The van der Waals surface area contributed by atoms with Crippen LogP contribution in [-0.4, -0.2) is 11.9 Å². The van der Waals surface area contributed by atoms with Crippen LogP contribution in [0.4, 0.5) is 32.0 Å². The lowest BCUT2D eigenvalue weighted by molar-refractivity contribution is -0.143. The number of halogens is 6. The Morgan fingerprint density at radius 3 is 1.85 bits per heavy atom. The number of amides is 1. The molecule has 1 aromatic heterocycles. The molecule has 0 bridgehead atoms. The third-order valence-corrected chi connectivity index (χ3v) is 3.06. The Morgan fingerprint density at radius 2 is 1.42 bits per heavy atom. The Morgan fingerprint density at radius 1 is 0.923 bits per heavy atom. The highest BCUT2D eigenvalue weighted by Gasteiger charge is 2.37. The Balaban J connectivity index is 2.62. The van der Waals surface area contributed by atoms with Crippen LogP contribution in [0.1, 0.15) is 21.7 Å². The van der Waals surface area contributed by atoms with E-state index in [4.69, 9.17) is 21.6 Å². The van der Waals surface area contributed by atoms with Crippen molar-refractivity contribution in [2.75, 3.05) is 5.73 Å². The molecule has 0 saturated carbocycles. The van der Waals surface area contributed by atoms with Gasteiger partial charge in [-0.1, -0.05) is 0 Å². The molecule has 0 aliphatic heterocycles. The number of nitrogen functional groups attached to an aromatic ring is 1. The maximum absolute atomic E-state index is 12.9. The Kier molecular flexibility index (Phi) is 4.62. The van der Waals surface area contributed by atoms with E-state index in [0.29, 0.717) is 12.1 Å². The maximum Gasteiger partial charge on any atom is 0.416 e. The van der Waals surface area contributed by atoms with Gasteiger partial charge < -0.3 is 21.6 Å². The van der Waals surface area contributed by atoms with Crippen LogP contribution in [0, 0.1) is 0 Å². The van der Waals surface area contributed by atoms with E-state index in [0.717, 1.165) is 6.07 Å². The summed E-state index contributed by atoms with van der Waals surface area (Å²) < 4.78 is 82.3. The van der Waals surface area contributed by atoms with Crippen molar-refractivity contribution < 1.29 is 35.6 Å². The summed E-state index contributed by atoms with van der Waals surface area (Å²) in [5.74, 6) is -2.89. The molecule has 0 fully saturated rings. The number of benzene rings is 1. The zero-order valence-electron chi connectivity index (χ0n) is 12.6. The fourth-order valence-electron chi connectivity index (χ4n) is 1.98. The van der Waals surface area contributed by atoms with Gasteiger partial charge in [0.2, 0.25) is 5.76 Å². The predicted octanol–water partition coefficient (Wildman–Crippen LogP) is 2.98. The van der Waals surface area contributed by atoms with Crippen molar-refractivity contribution in [3.05, 3.63) is 41.2 Å². The topological polar surface area (TPSA) is 121 Å². The van der Waals surface area contributed by atoms with Gasteiger partial charge in [-0.05, 0) is 18.2 Å². The summed E-state index contributed by atoms with van der Waals surface area (Å²) >= 11 is 0. The van der Waals surface area contributed by atoms with Gasteiger partial charge in [0.15, 0.2) is 5.96 Å². The molecule has 1 heterocycles. The summed E-state index contributed by atoms with van der Waals surface area (Å²) in [5.41, 5.74) is 11.5. The van der Waals surface area contributed by atoms with E-state index in [1.807, 2.05) is 0 Å². The van der Waals surface area contributed by atoms with E-state index in [2.05, 4.69) is 4.99 Å². The molecule has 140 valence electrons. The van der Waals surface area contributed by atoms with E-state index >= 15 is 0 Å². The fourth-order valence-corrected chi connectivity index (χ4v) is 1.98. The highest BCUT2D eigenvalue weighted by molar-refractivity contribution is 6.03. The number of furan rings is 1. The number of nitrogens with zero attached hydrogens (tertiary/aromatic N) is 1. The van der Waals surface area contributed by atoms with Crippen molar-refractivity contribution in [3.8, 4) is 11.3 Å². The Bertz CT molecular complexity index is 846.